The largest absolute Gasteiger partial charge is 0.454 e. The Kier molecular flexibility index (Phi) is 4.77. The number of hydrogen-bond donors (Lipinski definition) is 0. The molecule has 6 nitrogen and oxygen atoms in total. The molecule has 1 unspecified atom stereocenters. The summed E-state index contributed by atoms with van der Waals surface area (Å²) in [5.41, 5.74) is 1.60. The van der Waals surface area contributed by atoms with Crippen LogP contribution in [0, 0.1) is 5.92 Å². The smallest absolute Gasteiger partial charge is 0.231 e. The second kappa shape index (κ2) is 7.41. The van der Waals surface area contributed by atoms with E-state index in [0.717, 1.165) is 55.2 Å². The van der Waals surface area contributed by atoms with Gasteiger partial charge in [0, 0.05) is 42.6 Å². The summed E-state index contributed by atoms with van der Waals surface area (Å²) in [6.07, 6.45) is 5.27. The van der Waals surface area contributed by atoms with Gasteiger partial charge in [-0.2, -0.15) is 0 Å². The van der Waals surface area contributed by atoms with Gasteiger partial charge in [0.25, 0.3) is 0 Å². The van der Waals surface area contributed by atoms with Crippen molar-refractivity contribution in [2.45, 2.75) is 44.8 Å². The van der Waals surface area contributed by atoms with Crippen molar-refractivity contribution in [1.82, 2.24) is 9.88 Å². The van der Waals surface area contributed by atoms with Crippen LogP contribution in [-0.2, 0) is 16.1 Å². The molecule has 1 saturated heterocycles. The van der Waals surface area contributed by atoms with Crippen LogP contribution in [0.5, 0.6) is 11.5 Å². The van der Waals surface area contributed by atoms with Crippen LogP contribution >= 0.6 is 11.6 Å². The van der Waals surface area contributed by atoms with Gasteiger partial charge in [-0.15, -0.1) is 0 Å². The zero-order chi connectivity index (χ0) is 19.1. The summed E-state index contributed by atoms with van der Waals surface area (Å²) in [5.74, 6) is 1.75. The third-order valence-corrected chi connectivity index (χ3v) is 6.24. The van der Waals surface area contributed by atoms with E-state index in [1.807, 2.05) is 23.1 Å². The number of benzene rings is 1. The molecule has 0 spiro atoms. The van der Waals surface area contributed by atoms with Crippen LogP contribution in [0.3, 0.4) is 0 Å². The Hall–Kier alpha value is -2.05. The topological polar surface area (TPSA) is 60.9 Å². The molecule has 1 aliphatic carbocycles. The van der Waals surface area contributed by atoms with E-state index in [2.05, 4.69) is 4.98 Å². The Morgan fingerprint density at radius 1 is 1.14 bits per heavy atom. The molecule has 7 heteroatoms. The molecule has 3 aliphatic rings. The van der Waals surface area contributed by atoms with Crippen LogP contribution in [0.25, 0.3) is 10.9 Å². The van der Waals surface area contributed by atoms with E-state index in [4.69, 9.17) is 25.8 Å². The second-order valence-electron chi connectivity index (χ2n) is 7.82. The first-order valence-electron chi connectivity index (χ1n) is 9.96. The summed E-state index contributed by atoms with van der Waals surface area (Å²) in [5, 5.41) is 1.35. The highest BCUT2D eigenvalue weighted by molar-refractivity contribution is 6.30. The SMILES string of the molecule is O=C(C1CCC1)N(Cc1cc2cc3c(cc2nc1Cl)OCO3)CC1CCCO1. The summed E-state index contributed by atoms with van der Waals surface area (Å²) in [6.45, 7) is 2.06. The first-order valence-corrected chi connectivity index (χ1v) is 10.3. The van der Waals surface area contributed by atoms with Crippen LogP contribution in [-0.4, -0.2) is 41.8 Å². The number of carbonyl (C=O) groups is 1. The molecule has 1 atom stereocenters. The molecular weight excluding hydrogens is 380 g/mol. The molecule has 1 aromatic carbocycles. The molecule has 148 valence electrons. The Morgan fingerprint density at radius 2 is 1.96 bits per heavy atom. The molecule has 0 radical (unpaired) electrons. The number of nitrogens with zero attached hydrogens (tertiary/aromatic N) is 2. The van der Waals surface area contributed by atoms with E-state index >= 15 is 0 Å². The van der Waals surface area contributed by atoms with Gasteiger partial charge in [0.1, 0.15) is 5.15 Å². The average molecular weight is 403 g/mol. The molecule has 5 rings (SSSR count). The third kappa shape index (κ3) is 3.40. The Balaban J connectivity index is 1.43. The minimum atomic E-state index is 0.116. The van der Waals surface area contributed by atoms with Gasteiger partial charge >= 0.3 is 0 Å². The van der Waals surface area contributed by atoms with E-state index in [1.54, 1.807) is 0 Å². The molecule has 1 saturated carbocycles. The minimum absolute atomic E-state index is 0.116. The van der Waals surface area contributed by atoms with Gasteiger partial charge in [0.2, 0.25) is 12.7 Å². The summed E-state index contributed by atoms with van der Waals surface area (Å²) in [6, 6.07) is 5.77. The zero-order valence-corrected chi connectivity index (χ0v) is 16.4. The molecule has 0 N–H and O–H groups in total. The standard InChI is InChI=1S/C21H23ClN2O4/c22-20-15(7-14-8-18-19(28-12-27-18)9-17(14)23-20)10-24(11-16-5-2-6-26-16)21(25)13-3-1-4-13/h7-9,13,16H,1-6,10-12H2. The minimum Gasteiger partial charge on any atom is -0.454 e. The van der Waals surface area contributed by atoms with Crippen molar-refractivity contribution in [2.75, 3.05) is 19.9 Å². The highest BCUT2D eigenvalue weighted by Gasteiger charge is 2.32. The highest BCUT2D eigenvalue weighted by atomic mass is 35.5. The molecule has 2 aliphatic heterocycles. The molecular formula is C21H23ClN2O4. The molecule has 2 aromatic rings. The van der Waals surface area contributed by atoms with Gasteiger partial charge in [0.15, 0.2) is 11.5 Å². The summed E-state index contributed by atoms with van der Waals surface area (Å²) in [4.78, 5) is 19.5. The van der Waals surface area contributed by atoms with Crippen LogP contribution in [0.2, 0.25) is 5.15 Å². The molecule has 1 aromatic heterocycles. The number of rotatable bonds is 5. The predicted octanol–water partition coefficient (Wildman–Crippen LogP) is 3.92. The number of fused-ring (bicyclic) bond motifs is 2. The third-order valence-electron chi connectivity index (χ3n) is 5.91. The van der Waals surface area contributed by atoms with Crippen molar-refractivity contribution in [3.63, 3.8) is 0 Å². The predicted molar refractivity (Wildman–Crippen MR) is 105 cm³/mol. The maximum atomic E-state index is 13.0. The first-order chi connectivity index (χ1) is 13.7. The number of halogens is 1. The first kappa shape index (κ1) is 18.0. The van der Waals surface area contributed by atoms with Crippen molar-refractivity contribution < 1.29 is 19.0 Å². The quantitative estimate of drug-likeness (QED) is 0.709. The lowest BCUT2D eigenvalue weighted by molar-refractivity contribution is -0.140. The maximum absolute atomic E-state index is 13.0. The van der Waals surface area contributed by atoms with Gasteiger partial charge in [-0.25, -0.2) is 4.98 Å². The number of carbonyl (C=O) groups excluding carboxylic acids is 1. The van der Waals surface area contributed by atoms with Crippen molar-refractivity contribution in [3.8, 4) is 11.5 Å². The van der Waals surface area contributed by atoms with Crippen molar-refractivity contribution in [2.24, 2.45) is 5.92 Å². The molecule has 0 bridgehead atoms. The van der Waals surface area contributed by atoms with Gasteiger partial charge < -0.3 is 19.1 Å². The molecule has 2 fully saturated rings. The van der Waals surface area contributed by atoms with Gasteiger partial charge in [-0.05, 0) is 37.8 Å². The van der Waals surface area contributed by atoms with E-state index in [9.17, 15) is 4.79 Å². The Labute approximate surface area is 168 Å². The number of hydrogen-bond acceptors (Lipinski definition) is 5. The van der Waals surface area contributed by atoms with E-state index in [-0.39, 0.29) is 24.7 Å². The Morgan fingerprint density at radius 3 is 2.68 bits per heavy atom. The lowest BCUT2D eigenvalue weighted by Crippen LogP contribution is -2.42. The fourth-order valence-electron chi connectivity index (χ4n) is 4.08. The van der Waals surface area contributed by atoms with Gasteiger partial charge in [-0.3, -0.25) is 4.79 Å². The second-order valence-corrected chi connectivity index (χ2v) is 8.18. The fourth-order valence-corrected chi connectivity index (χ4v) is 4.29. The number of amides is 1. The molecule has 28 heavy (non-hydrogen) atoms. The van der Waals surface area contributed by atoms with E-state index < -0.39 is 0 Å². The molecule has 1 amide bonds. The average Bonchev–Trinajstić information content (AvgIpc) is 3.29. The summed E-state index contributed by atoms with van der Waals surface area (Å²) >= 11 is 6.49. The lowest BCUT2D eigenvalue weighted by Gasteiger charge is -2.33. The van der Waals surface area contributed by atoms with Crippen molar-refractivity contribution in [1.29, 1.82) is 0 Å². The Bertz CT molecular complexity index is 909. The van der Waals surface area contributed by atoms with Gasteiger partial charge in [-0.1, -0.05) is 18.0 Å². The van der Waals surface area contributed by atoms with E-state index in [0.29, 0.717) is 29.7 Å². The van der Waals surface area contributed by atoms with Crippen LogP contribution in [0.4, 0.5) is 0 Å². The van der Waals surface area contributed by atoms with Gasteiger partial charge in [0.05, 0.1) is 11.6 Å². The summed E-state index contributed by atoms with van der Waals surface area (Å²) in [7, 11) is 0. The van der Waals surface area contributed by atoms with Crippen LogP contribution in [0.1, 0.15) is 37.7 Å². The fraction of sp³-hybridized carbons (Fsp3) is 0.524. The summed E-state index contributed by atoms with van der Waals surface area (Å²) < 4.78 is 16.7. The number of pyridine rings is 1. The number of ether oxygens (including phenoxy) is 3. The maximum Gasteiger partial charge on any atom is 0.231 e. The van der Waals surface area contributed by atoms with Crippen molar-refractivity contribution >= 4 is 28.4 Å². The lowest BCUT2D eigenvalue weighted by atomic mass is 9.84. The van der Waals surface area contributed by atoms with E-state index in [1.165, 1.54) is 0 Å². The normalized spacial score (nSPS) is 21.1. The molecule has 3 heterocycles. The monoisotopic (exact) mass is 402 g/mol. The van der Waals surface area contributed by atoms with Crippen molar-refractivity contribution in [3.05, 3.63) is 28.9 Å². The highest BCUT2D eigenvalue weighted by Crippen LogP contribution is 2.37. The van der Waals surface area contributed by atoms with Crippen LogP contribution in [0.15, 0.2) is 18.2 Å². The number of aromatic nitrogens is 1. The van der Waals surface area contributed by atoms with Crippen LogP contribution < -0.4 is 9.47 Å². The zero-order valence-electron chi connectivity index (χ0n) is 15.7.